The van der Waals surface area contributed by atoms with Gasteiger partial charge in [-0.1, -0.05) is 0 Å². The van der Waals surface area contributed by atoms with Crippen LogP contribution in [-0.2, 0) is 4.74 Å². The van der Waals surface area contributed by atoms with Crippen molar-refractivity contribution in [1.29, 1.82) is 0 Å². The van der Waals surface area contributed by atoms with E-state index in [1.165, 1.54) is 0 Å². The Kier molecular flexibility index (Phi) is 3.60. The molecule has 1 saturated heterocycles. The van der Waals surface area contributed by atoms with Crippen molar-refractivity contribution < 1.29 is 25.2 Å². The van der Waals surface area contributed by atoms with Gasteiger partial charge in [0.1, 0.15) is 30.6 Å². The zero-order valence-corrected chi connectivity index (χ0v) is 7.29. The SMILES string of the molecule is CN[C@@H]1OC(CO)[C@@H](O)C(O)[C@H]1O. The van der Waals surface area contributed by atoms with Gasteiger partial charge in [-0.3, -0.25) is 5.32 Å². The van der Waals surface area contributed by atoms with Crippen LogP contribution in [0.25, 0.3) is 0 Å². The molecule has 0 aliphatic carbocycles. The second kappa shape index (κ2) is 4.32. The van der Waals surface area contributed by atoms with Crippen LogP contribution in [0.5, 0.6) is 0 Å². The summed E-state index contributed by atoms with van der Waals surface area (Å²) in [5, 5.41) is 39.3. The minimum atomic E-state index is -1.30. The number of hydrogen-bond acceptors (Lipinski definition) is 6. The number of nitrogens with one attached hydrogen (secondary N) is 1. The van der Waals surface area contributed by atoms with Gasteiger partial charge in [0.25, 0.3) is 0 Å². The van der Waals surface area contributed by atoms with Crippen LogP contribution < -0.4 is 5.32 Å². The Bertz CT molecular complexity index is 147. The molecule has 0 aromatic rings. The predicted molar refractivity (Wildman–Crippen MR) is 42.8 cm³/mol. The summed E-state index contributed by atoms with van der Waals surface area (Å²) in [6, 6.07) is 0. The molecule has 5 N–H and O–H groups in total. The van der Waals surface area contributed by atoms with Crippen LogP contribution in [0, 0.1) is 0 Å². The molecule has 0 bridgehead atoms. The lowest BCUT2D eigenvalue weighted by atomic mass is 9.98. The monoisotopic (exact) mass is 193 g/mol. The lowest BCUT2D eigenvalue weighted by Gasteiger charge is -2.39. The highest BCUT2D eigenvalue weighted by molar-refractivity contribution is 4.90. The highest BCUT2D eigenvalue weighted by Crippen LogP contribution is 2.18. The van der Waals surface area contributed by atoms with Crippen LogP contribution in [0.2, 0.25) is 0 Å². The van der Waals surface area contributed by atoms with Crippen molar-refractivity contribution in [3.8, 4) is 0 Å². The topological polar surface area (TPSA) is 102 Å². The average Bonchev–Trinajstić information content (AvgIpc) is 2.15. The maximum absolute atomic E-state index is 9.34. The number of likely N-dealkylation sites (N-methyl/N-ethyl adjacent to an activating group) is 1. The second-order valence-electron chi connectivity index (χ2n) is 3.04. The normalized spacial score (nSPS) is 46.4. The van der Waals surface area contributed by atoms with E-state index in [0.717, 1.165) is 0 Å². The molecule has 2 unspecified atom stereocenters. The Morgan fingerprint density at radius 3 is 2.23 bits per heavy atom. The summed E-state index contributed by atoms with van der Waals surface area (Å²) in [6.45, 7) is -0.400. The molecule has 1 heterocycles. The first kappa shape index (κ1) is 10.8. The van der Waals surface area contributed by atoms with Crippen LogP contribution in [-0.4, -0.2) is 64.7 Å². The van der Waals surface area contributed by atoms with Crippen molar-refractivity contribution in [2.45, 2.75) is 30.6 Å². The predicted octanol–water partition coefficient (Wildman–Crippen LogP) is -2.99. The van der Waals surface area contributed by atoms with Gasteiger partial charge in [-0.2, -0.15) is 0 Å². The molecule has 0 radical (unpaired) electrons. The van der Waals surface area contributed by atoms with Gasteiger partial charge in [0, 0.05) is 0 Å². The fourth-order valence-electron chi connectivity index (χ4n) is 1.34. The van der Waals surface area contributed by atoms with Crippen molar-refractivity contribution >= 4 is 0 Å². The zero-order valence-electron chi connectivity index (χ0n) is 7.29. The average molecular weight is 193 g/mol. The van der Waals surface area contributed by atoms with E-state index in [1.54, 1.807) is 7.05 Å². The summed E-state index contributed by atoms with van der Waals surface area (Å²) in [6.07, 6.45) is -5.39. The molecule has 6 heteroatoms. The Morgan fingerprint density at radius 2 is 1.77 bits per heavy atom. The molecule has 0 aromatic heterocycles. The van der Waals surface area contributed by atoms with Crippen molar-refractivity contribution in [3.63, 3.8) is 0 Å². The molecule has 0 saturated carbocycles. The van der Waals surface area contributed by atoms with Crippen LogP contribution in [0.4, 0.5) is 0 Å². The standard InChI is InChI=1S/C7H15NO5/c1-8-7-6(12)5(11)4(10)3(2-9)13-7/h3-12H,2H2,1H3/t3?,4-,5?,6-,7-/m1/s1. The molecular formula is C7H15NO5. The lowest BCUT2D eigenvalue weighted by Crippen LogP contribution is -2.61. The molecule has 5 atom stereocenters. The van der Waals surface area contributed by atoms with Gasteiger partial charge < -0.3 is 25.2 Å². The van der Waals surface area contributed by atoms with Gasteiger partial charge >= 0.3 is 0 Å². The molecule has 6 nitrogen and oxygen atoms in total. The molecule has 1 rings (SSSR count). The highest BCUT2D eigenvalue weighted by atomic mass is 16.6. The molecule has 1 aliphatic rings. The van der Waals surface area contributed by atoms with E-state index in [1.807, 2.05) is 0 Å². The van der Waals surface area contributed by atoms with Gasteiger partial charge in [-0.15, -0.1) is 0 Å². The van der Waals surface area contributed by atoms with Crippen LogP contribution in [0.15, 0.2) is 0 Å². The third kappa shape index (κ3) is 1.98. The minimum absolute atomic E-state index is 0.400. The first-order chi connectivity index (χ1) is 6.11. The van der Waals surface area contributed by atoms with E-state index >= 15 is 0 Å². The number of aliphatic hydroxyl groups excluding tert-OH is 4. The molecule has 1 aliphatic heterocycles. The Balaban J connectivity index is 2.66. The summed E-state index contributed by atoms with van der Waals surface area (Å²) in [5.74, 6) is 0. The molecule has 0 amide bonds. The molecule has 13 heavy (non-hydrogen) atoms. The Labute approximate surface area is 75.8 Å². The largest absolute Gasteiger partial charge is 0.394 e. The highest BCUT2D eigenvalue weighted by Gasteiger charge is 2.42. The van der Waals surface area contributed by atoms with E-state index < -0.39 is 37.3 Å². The third-order valence-electron chi connectivity index (χ3n) is 2.18. The Hall–Kier alpha value is -0.240. The zero-order chi connectivity index (χ0) is 10.0. The molecule has 0 spiro atoms. The van der Waals surface area contributed by atoms with Crippen LogP contribution in [0.3, 0.4) is 0 Å². The van der Waals surface area contributed by atoms with Gasteiger partial charge in [-0.05, 0) is 7.05 Å². The third-order valence-corrected chi connectivity index (χ3v) is 2.18. The first-order valence-electron chi connectivity index (χ1n) is 4.09. The quantitative estimate of drug-likeness (QED) is 0.320. The van der Waals surface area contributed by atoms with Crippen LogP contribution in [0.1, 0.15) is 0 Å². The molecule has 78 valence electrons. The van der Waals surface area contributed by atoms with Gasteiger partial charge in [0.15, 0.2) is 0 Å². The van der Waals surface area contributed by atoms with Crippen molar-refractivity contribution in [1.82, 2.24) is 5.32 Å². The summed E-state index contributed by atoms with van der Waals surface area (Å²) in [7, 11) is 1.55. The fraction of sp³-hybridized carbons (Fsp3) is 1.00. The van der Waals surface area contributed by atoms with E-state index in [0.29, 0.717) is 0 Å². The van der Waals surface area contributed by atoms with Crippen molar-refractivity contribution in [2.75, 3.05) is 13.7 Å². The summed E-state index contributed by atoms with van der Waals surface area (Å²) < 4.78 is 5.06. The number of ether oxygens (including phenoxy) is 1. The van der Waals surface area contributed by atoms with Gasteiger partial charge in [0.2, 0.25) is 0 Å². The molecular weight excluding hydrogens is 178 g/mol. The summed E-state index contributed by atoms with van der Waals surface area (Å²) in [5.41, 5.74) is 0. The number of rotatable bonds is 2. The smallest absolute Gasteiger partial charge is 0.137 e. The lowest BCUT2D eigenvalue weighted by molar-refractivity contribution is -0.235. The first-order valence-corrected chi connectivity index (χ1v) is 4.09. The van der Waals surface area contributed by atoms with E-state index in [9.17, 15) is 15.3 Å². The summed E-state index contributed by atoms with van der Waals surface area (Å²) >= 11 is 0. The van der Waals surface area contributed by atoms with Crippen LogP contribution >= 0.6 is 0 Å². The Morgan fingerprint density at radius 1 is 1.15 bits per heavy atom. The second-order valence-corrected chi connectivity index (χ2v) is 3.04. The van der Waals surface area contributed by atoms with Crippen molar-refractivity contribution in [2.24, 2.45) is 0 Å². The number of aliphatic hydroxyl groups is 4. The minimum Gasteiger partial charge on any atom is -0.394 e. The van der Waals surface area contributed by atoms with E-state index in [2.05, 4.69) is 5.32 Å². The maximum atomic E-state index is 9.34. The van der Waals surface area contributed by atoms with E-state index in [-0.39, 0.29) is 0 Å². The van der Waals surface area contributed by atoms with Gasteiger partial charge in [-0.25, -0.2) is 0 Å². The summed E-state index contributed by atoms with van der Waals surface area (Å²) in [4.78, 5) is 0. The molecule has 0 aromatic carbocycles. The number of hydrogen-bond donors (Lipinski definition) is 5. The fourth-order valence-corrected chi connectivity index (χ4v) is 1.34. The maximum Gasteiger partial charge on any atom is 0.137 e. The van der Waals surface area contributed by atoms with Crippen molar-refractivity contribution in [3.05, 3.63) is 0 Å². The van der Waals surface area contributed by atoms with Gasteiger partial charge in [0.05, 0.1) is 6.61 Å². The van der Waals surface area contributed by atoms with E-state index in [4.69, 9.17) is 9.84 Å². The molecule has 1 fully saturated rings.